The van der Waals surface area contributed by atoms with Gasteiger partial charge in [-0.05, 0) is 37.5 Å². The van der Waals surface area contributed by atoms with E-state index < -0.39 is 36.5 Å². The Bertz CT molecular complexity index is 602. The molecule has 0 unspecified atom stereocenters. The zero-order chi connectivity index (χ0) is 17.9. The van der Waals surface area contributed by atoms with Crippen LogP contribution in [-0.2, 0) is 14.3 Å². The lowest BCUT2D eigenvalue weighted by molar-refractivity contribution is -0.274. The summed E-state index contributed by atoms with van der Waals surface area (Å²) >= 11 is 0. The molecule has 0 bridgehead atoms. The monoisotopic (exact) mass is 347 g/mol. The van der Waals surface area contributed by atoms with Gasteiger partial charge in [-0.2, -0.15) is 0 Å². The van der Waals surface area contributed by atoms with Gasteiger partial charge in [0.15, 0.2) is 6.10 Å². The van der Waals surface area contributed by atoms with Crippen molar-refractivity contribution in [2.24, 2.45) is 0 Å². The molecule has 1 saturated heterocycles. The van der Waals surface area contributed by atoms with Crippen LogP contribution in [0.5, 0.6) is 5.75 Å². The van der Waals surface area contributed by atoms with E-state index in [0.717, 1.165) is 12.1 Å². The number of rotatable bonds is 5. The smallest absolute Gasteiger partial charge is 0.479 e. The summed E-state index contributed by atoms with van der Waals surface area (Å²) in [7, 11) is 0. The van der Waals surface area contributed by atoms with Gasteiger partial charge in [0.2, 0.25) is 5.91 Å². The number of amides is 1. The number of hydrogen-bond acceptors (Lipinski definition) is 4. The molecular formula is C15H16F3NO5. The van der Waals surface area contributed by atoms with Gasteiger partial charge in [0, 0.05) is 0 Å². The van der Waals surface area contributed by atoms with Crippen molar-refractivity contribution in [1.29, 1.82) is 0 Å². The number of alkyl halides is 3. The Labute approximate surface area is 135 Å². The maximum Gasteiger partial charge on any atom is 0.573 e. The summed E-state index contributed by atoms with van der Waals surface area (Å²) in [6.45, 7) is 1.65. The van der Waals surface area contributed by atoms with E-state index in [2.05, 4.69) is 10.1 Å². The van der Waals surface area contributed by atoms with E-state index in [9.17, 15) is 22.8 Å². The Balaban J connectivity index is 1.91. The number of nitrogens with one attached hydrogen (secondary N) is 1. The normalized spacial score (nSPS) is 22.0. The van der Waals surface area contributed by atoms with Crippen molar-refractivity contribution in [2.75, 3.05) is 0 Å². The molecule has 132 valence electrons. The maximum atomic E-state index is 12.1. The molecule has 2 N–H and O–H groups in total. The van der Waals surface area contributed by atoms with Gasteiger partial charge < -0.3 is 19.9 Å². The second kappa shape index (κ2) is 7.08. The molecule has 0 spiro atoms. The molecule has 1 aliphatic heterocycles. The van der Waals surface area contributed by atoms with E-state index in [4.69, 9.17) is 9.84 Å². The van der Waals surface area contributed by atoms with Crippen LogP contribution in [0.2, 0.25) is 0 Å². The molecule has 0 aromatic heterocycles. The molecule has 0 aliphatic carbocycles. The van der Waals surface area contributed by atoms with Crippen molar-refractivity contribution in [1.82, 2.24) is 5.32 Å². The molecule has 1 aromatic carbocycles. The molecule has 24 heavy (non-hydrogen) atoms. The summed E-state index contributed by atoms with van der Waals surface area (Å²) in [4.78, 5) is 22.8. The molecule has 1 amide bonds. The van der Waals surface area contributed by atoms with Crippen molar-refractivity contribution >= 4 is 11.9 Å². The molecule has 1 aliphatic rings. The largest absolute Gasteiger partial charge is 0.573 e. The van der Waals surface area contributed by atoms with Crippen LogP contribution in [-0.4, -0.2) is 35.6 Å². The molecule has 6 nitrogen and oxygen atoms in total. The third-order valence-electron chi connectivity index (χ3n) is 3.56. The number of carboxylic acids is 1. The Hall–Kier alpha value is -2.29. The first-order valence-electron chi connectivity index (χ1n) is 7.20. The molecule has 3 atom stereocenters. The standard InChI is InChI=1S/C15H16F3NO5/c1-8(9-2-4-10(5-3-9)24-15(16,17)18)19-13(20)11-6-7-12(23-11)14(21)22/h2-5,8,11-12H,6-7H2,1H3,(H,19,20)(H,21,22)/t8-,11-,12+/m0/s1. The average Bonchev–Trinajstić information content (AvgIpc) is 2.96. The van der Waals surface area contributed by atoms with Gasteiger partial charge in [-0.25, -0.2) is 4.79 Å². The number of hydrogen-bond donors (Lipinski definition) is 2. The fraction of sp³-hybridized carbons (Fsp3) is 0.467. The minimum absolute atomic E-state index is 0.255. The Morgan fingerprint density at radius 2 is 1.83 bits per heavy atom. The van der Waals surface area contributed by atoms with Gasteiger partial charge in [-0.15, -0.1) is 13.2 Å². The van der Waals surface area contributed by atoms with Crippen LogP contribution >= 0.6 is 0 Å². The molecule has 1 fully saturated rings. The summed E-state index contributed by atoms with van der Waals surface area (Å²) < 4.78 is 45.2. The summed E-state index contributed by atoms with van der Waals surface area (Å²) in [6, 6.07) is 4.63. The predicted octanol–water partition coefficient (Wildman–Crippen LogP) is 2.39. The molecule has 9 heteroatoms. The lowest BCUT2D eigenvalue weighted by Crippen LogP contribution is -2.37. The number of aliphatic carboxylic acids is 1. The van der Waals surface area contributed by atoms with Gasteiger partial charge in [0.05, 0.1) is 6.04 Å². The predicted molar refractivity (Wildman–Crippen MR) is 75.2 cm³/mol. The van der Waals surface area contributed by atoms with Crippen molar-refractivity contribution < 1.29 is 37.3 Å². The van der Waals surface area contributed by atoms with Crippen LogP contribution in [0, 0.1) is 0 Å². The Morgan fingerprint density at radius 1 is 1.25 bits per heavy atom. The minimum atomic E-state index is -4.76. The van der Waals surface area contributed by atoms with E-state index in [1.807, 2.05) is 0 Å². The highest BCUT2D eigenvalue weighted by atomic mass is 19.4. The van der Waals surface area contributed by atoms with Crippen molar-refractivity contribution in [3.63, 3.8) is 0 Å². The third kappa shape index (κ3) is 4.85. The van der Waals surface area contributed by atoms with Crippen molar-refractivity contribution in [3.05, 3.63) is 29.8 Å². The molecule has 1 aromatic rings. The summed E-state index contributed by atoms with van der Waals surface area (Å²) in [6.07, 6.45) is -6.04. The SMILES string of the molecule is C[C@H](NC(=O)[C@@H]1CC[C@H](C(=O)O)O1)c1ccc(OC(F)(F)F)cc1. The average molecular weight is 347 g/mol. The topological polar surface area (TPSA) is 84.9 Å². The first-order valence-corrected chi connectivity index (χ1v) is 7.20. The highest BCUT2D eigenvalue weighted by Crippen LogP contribution is 2.25. The molecule has 2 rings (SSSR count). The molecule has 0 saturated carbocycles. The van der Waals surface area contributed by atoms with Gasteiger partial charge >= 0.3 is 12.3 Å². The van der Waals surface area contributed by atoms with Gasteiger partial charge in [-0.1, -0.05) is 12.1 Å². The van der Waals surface area contributed by atoms with E-state index in [0.29, 0.717) is 12.0 Å². The zero-order valence-corrected chi connectivity index (χ0v) is 12.7. The molecule has 1 heterocycles. The first kappa shape index (κ1) is 18.1. The quantitative estimate of drug-likeness (QED) is 0.854. The summed E-state index contributed by atoms with van der Waals surface area (Å²) in [5.41, 5.74) is 0.575. The van der Waals surface area contributed by atoms with E-state index in [1.165, 1.54) is 12.1 Å². The van der Waals surface area contributed by atoms with E-state index in [1.54, 1.807) is 6.92 Å². The maximum absolute atomic E-state index is 12.1. The number of carbonyl (C=O) groups is 2. The van der Waals surface area contributed by atoms with Crippen molar-refractivity contribution in [3.8, 4) is 5.75 Å². The molecule has 0 radical (unpaired) electrons. The zero-order valence-electron chi connectivity index (χ0n) is 12.7. The van der Waals surface area contributed by atoms with Gasteiger partial charge in [-0.3, -0.25) is 4.79 Å². The fourth-order valence-electron chi connectivity index (χ4n) is 2.36. The van der Waals surface area contributed by atoms with Crippen LogP contribution < -0.4 is 10.1 Å². The van der Waals surface area contributed by atoms with Gasteiger partial charge in [0.1, 0.15) is 11.9 Å². The minimum Gasteiger partial charge on any atom is -0.479 e. The van der Waals surface area contributed by atoms with Crippen LogP contribution in [0.1, 0.15) is 31.4 Å². The lowest BCUT2D eigenvalue weighted by Gasteiger charge is -2.18. The number of ether oxygens (including phenoxy) is 2. The lowest BCUT2D eigenvalue weighted by atomic mass is 10.1. The van der Waals surface area contributed by atoms with Gasteiger partial charge in [0.25, 0.3) is 0 Å². The van der Waals surface area contributed by atoms with Crippen LogP contribution in [0.3, 0.4) is 0 Å². The molecular weight excluding hydrogens is 331 g/mol. The number of halogens is 3. The Morgan fingerprint density at radius 3 is 2.33 bits per heavy atom. The summed E-state index contributed by atoms with van der Waals surface area (Å²) in [5, 5.41) is 11.5. The number of carboxylic acid groups (broad SMARTS) is 1. The first-order chi connectivity index (χ1) is 11.2. The second-order valence-electron chi connectivity index (χ2n) is 5.38. The fourth-order valence-corrected chi connectivity index (χ4v) is 2.36. The third-order valence-corrected chi connectivity index (χ3v) is 3.56. The number of benzene rings is 1. The highest BCUT2D eigenvalue weighted by molar-refractivity contribution is 5.83. The summed E-state index contributed by atoms with van der Waals surface area (Å²) in [5.74, 6) is -1.92. The number of carbonyl (C=O) groups excluding carboxylic acids is 1. The van der Waals surface area contributed by atoms with Crippen LogP contribution in [0.25, 0.3) is 0 Å². The van der Waals surface area contributed by atoms with E-state index >= 15 is 0 Å². The van der Waals surface area contributed by atoms with E-state index in [-0.39, 0.29) is 12.2 Å². The van der Waals surface area contributed by atoms with Crippen LogP contribution in [0.4, 0.5) is 13.2 Å². The highest BCUT2D eigenvalue weighted by Gasteiger charge is 2.35. The second-order valence-corrected chi connectivity index (χ2v) is 5.38. The Kier molecular flexibility index (Phi) is 5.33. The van der Waals surface area contributed by atoms with Crippen molar-refractivity contribution in [2.45, 2.75) is 44.4 Å². The van der Waals surface area contributed by atoms with Crippen LogP contribution in [0.15, 0.2) is 24.3 Å².